The van der Waals surface area contributed by atoms with Crippen LogP contribution in [-0.2, 0) is 4.74 Å². The second-order valence-electron chi connectivity index (χ2n) is 7.36. The zero-order valence-electron chi connectivity index (χ0n) is 14.5. The van der Waals surface area contributed by atoms with Crippen LogP contribution in [0.3, 0.4) is 0 Å². The van der Waals surface area contributed by atoms with Gasteiger partial charge >= 0.3 is 0 Å². The van der Waals surface area contributed by atoms with Gasteiger partial charge in [-0.05, 0) is 37.8 Å². The Morgan fingerprint density at radius 3 is 2.39 bits per heavy atom. The van der Waals surface area contributed by atoms with Crippen molar-refractivity contribution in [3.05, 3.63) is 28.5 Å². The fourth-order valence-corrected chi connectivity index (χ4v) is 2.88. The van der Waals surface area contributed by atoms with Crippen molar-refractivity contribution < 1.29 is 18.7 Å². The van der Waals surface area contributed by atoms with Crippen LogP contribution in [0.4, 0.5) is 4.39 Å². The van der Waals surface area contributed by atoms with Crippen molar-refractivity contribution in [1.29, 1.82) is 0 Å². The van der Waals surface area contributed by atoms with E-state index in [9.17, 15) is 9.18 Å². The van der Waals surface area contributed by atoms with Crippen LogP contribution >= 0.6 is 11.6 Å². The average molecular weight is 346 g/mol. The van der Waals surface area contributed by atoms with Gasteiger partial charge in [-0.2, -0.15) is 0 Å². The quantitative estimate of drug-likeness (QED) is 0.777. The molecule has 1 aromatic carbocycles. The molecule has 0 spiro atoms. The van der Waals surface area contributed by atoms with E-state index in [4.69, 9.17) is 21.1 Å². The third-order valence-corrected chi connectivity index (χ3v) is 3.33. The van der Waals surface area contributed by atoms with Crippen molar-refractivity contribution >= 4 is 17.5 Å². The number of hydrogen-bond acceptors (Lipinski definition) is 3. The minimum Gasteiger partial charge on any atom is -0.467 e. The Bertz CT molecular complexity index is 568. The van der Waals surface area contributed by atoms with E-state index in [0.29, 0.717) is 0 Å². The Balaban J connectivity index is 3.09. The molecule has 6 heteroatoms. The van der Waals surface area contributed by atoms with Crippen LogP contribution in [0, 0.1) is 11.2 Å². The molecule has 0 radical (unpaired) electrons. The van der Waals surface area contributed by atoms with E-state index in [1.54, 1.807) is 0 Å². The number of nitrogens with one attached hydrogen (secondary N) is 1. The maximum atomic E-state index is 14.3. The molecule has 0 bridgehead atoms. The summed E-state index contributed by atoms with van der Waals surface area (Å²) in [4.78, 5) is 12.6. The minimum absolute atomic E-state index is 0.0129. The lowest BCUT2D eigenvalue weighted by atomic mass is 9.81. The summed E-state index contributed by atoms with van der Waals surface area (Å²) in [6.45, 7) is 9.94. The van der Waals surface area contributed by atoms with Crippen LogP contribution in [0.15, 0.2) is 12.1 Å². The van der Waals surface area contributed by atoms with E-state index in [0.717, 1.165) is 6.42 Å². The van der Waals surface area contributed by atoms with E-state index in [1.165, 1.54) is 19.2 Å². The molecule has 1 amide bonds. The summed E-state index contributed by atoms with van der Waals surface area (Å²) in [6, 6.07) is 2.80. The van der Waals surface area contributed by atoms with Gasteiger partial charge in [-0.1, -0.05) is 32.4 Å². The highest BCUT2D eigenvalue weighted by Gasteiger charge is 2.30. The van der Waals surface area contributed by atoms with Crippen molar-refractivity contribution in [2.45, 2.75) is 46.6 Å². The van der Waals surface area contributed by atoms with Crippen LogP contribution < -0.4 is 10.1 Å². The van der Waals surface area contributed by atoms with Crippen molar-refractivity contribution in [3.8, 4) is 5.75 Å². The summed E-state index contributed by atoms with van der Waals surface area (Å²) in [7, 11) is 1.44. The predicted molar refractivity (Wildman–Crippen MR) is 89.5 cm³/mol. The number of halogens is 2. The molecule has 130 valence electrons. The van der Waals surface area contributed by atoms with Crippen molar-refractivity contribution in [1.82, 2.24) is 5.32 Å². The van der Waals surface area contributed by atoms with E-state index in [1.807, 2.05) is 13.8 Å². The van der Waals surface area contributed by atoms with Gasteiger partial charge in [0, 0.05) is 12.6 Å². The summed E-state index contributed by atoms with van der Waals surface area (Å²) in [5.41, 5.74) is -0.710. The van der Waals surface area contributed by atoms with Gasteiger partial charge in [0.2, 0.25) is 0 Å². The van der Waals surface area contributed by atoms with Gasteiger partial charge in [0.15, 0.2) is 12.6 Å². The summed E-state index contributed by atoms with van der Waals surface area (Å²) >= 11 is 5.80. The fraction of sp³-hybridized carbons (Fsp3) is 0.588. The topological polar surface area (TPSA) is 47.6 Å². The van der Waals surface area contributed by atoms with Crippen LogP contribution in [-0.4, -0.2) is 25.3 Å². The molecule has 0 unspecified atom stereocenters. The summed E-state index contributed by atoms with van der Waals surface area (Å²) in [6.07, 6.45) is 0.724. The third-order valence-electron chi connectivity index (χ3n) is 3.04. The van der Waals surface area contributed by atoms with Crippen LogP contribution in [0.1, 0.15) is 51.4 Å². The molecule has 0 atom stereocenters. The maximum Gasteiger partial charge on any atom is 0.258 e. The SMILES string of the molecule is COCOc1ccc(Cl)c(F)c1C(=O)NC(C)(C)CC(C)(C)C. The Morgan fingerprint density at radius 2 is 1.87 bits per heavy atom. The van der Waals surface area contributed by atoms with Gasteiger partial charge in [-0.25, -0.2) is 4.39 Å². The molecule has 1 N–H and O–H groups in total. The van der Waals surface area contributed by atoms with Crippen molar-refractivity contribution in [3.63, 3.8) is 0 Å². The standard InChI is InChI=1S/C17H25ClFNO3/c1-16(2,3)9-17(4,5)20-15(21)13-12(23-10-22-6)8-7-11(18)14(13)19/h7-8H,9-10H2,1-6H3,(H,20,21). The van der Waals surface area contributed by atoms with Gasteiger partial charge < -0.3 is 14.8 Å². The van der Waals surface area contributed by atoms with Crippen molar-refractivity contribution in [2.24, 2.45) is 5.41 Å². The summed E-state index contributed by atoms with van der Waals surface area (Å²) in [5, 5.41) is 2.72. The summed E-state index contributed by atoms with van der Waals surface area (Å²) < 4.78 is 24.4. The molecule has 0 aliphatic rings. The lowest BCUT2D eigenvalue weighted by Gasteiger charge is -2.33. The molecule has 1 rings (SSSR count). The molecule has 0 aliphatic heterocycles. The molecule has 0 saturated carbocycles. The normalized spacial score (nSPS) is 12.2. The molecule has 0 heterocycles. The van der Waals surface area contributed by atoms with Crippen LogP contribution in [0.2, 0.25) is 5.02 Å². The Labute approximate surface area is 142 Å². The average Bonchev–Trinajstić information content (AvgIpc) is 2.36. The first-order valence-corrected chi connectivity index (χ1v) is 7.77. The Kier molecular flexibility index (Phi) is 6.42. The first kappa shape index (κ1) is 19.7. The lowest BCUT2D eigenvalue weighted by Crippen LogP contribution is -2.46. The summed E-state index contributed by atoms with van der Waals surface area (Å²) in [5.74, 6) is -1.27. The van der Waals surface area contributed by atoms with E-state index in [2.05, 4.69) is 26.1 Å². The van der Waals surface area contributed by atoms with Crippen LogP contribution in [0.25, 0.3) is 0 Å². The number of rotatable bonds is 6. The van der Waals surface area contributed by atoms with Gasteiger partial charge in [-0.3, -0.25) is 4.79 Å². The Morgan fingerprint density at radius 1 is 1.26 bits per heavy atom. The first-order chi connectivity index (χ1) is 10.5. The highest BCUT2D eigenvalue weighted by atomic mass is 35.5. The van der Waals surface area contributed by atoms with Crippen molar-refractivity contribution in [2.75, 3.05) is 13.9 Å². The fourth-order valence-electron chi connectivity index (χ4n) is 2.73. The molecule has 0 aromatic heterocycles. The first-order valence-electron chi connectivity index (χ1n) is 7.39. The number of ether oxygens (including phenoxy) is 2. The molecular weight excluding hydrogens is 321 g/mol. The second kappa shape index (κ2) is 7.49. The highest BCUT2D eigenvalue weighted by Crippen LogP contribution is 2.30. The van der Waals surface area contributed by atoms with Gasteiger partial charge in [0.1, 0.15) is 11.3 Å². The molecule has 23 heavy (non-hydrogen) atoms. The Hall–Kier alpha value is -1.33. The highest BCUT2D eigenvalue weighted by molar-refractivity contribution is 6.31. The number of carbonyl (C=O) groups excluding carboxylic acids is 1. The molecule has 0 fully saturated rings. The molecular formula is C17H25ClFNO3. The van der Waals surface area contributed by atoms with E-state index in [-0.39, 0.29) is 28.5 Å². The van der Waals surface area contributed by atoms with Gasteiger partial charge in [0.05, 0.1) is 5.02 Å². The zero-order valence-corrected chi connectivity index (χ0v) is 15.3. The number of methoxy groups -OCH3 is 1. The monoisotopic (exact) mass is 345 g/mol. The largest absolute Gasteiger partial charge is 0.467 e. The molecule has 0 saturated heterocycles. The number of carbonyl (C=O) groups is 1. The zero-order chi connectivity index (χ0) is 17.8. The van der Waals surface area contributed by atoms with E-state index < -0.39 is 17.3 Å². The predicted octanol–water partition coefficient (Wildman–Crippen LogP) is 4.41. The lowest BCUT2D eigenvalue weighted by molar-refractivity contribution is 0.0496. The van der Waals surface area contributed by atoms with E-state index >= 15 is 0 Å². The van der Waals surface area contributed by atoms with Crippen LogP contribution in [0.5, 0.6) is 5.75 Å². The van der Waals surface area contributed by atoms with Gasteiger partial charge in [0.25, 0.3) is 5.91 Å². The third kappa shape index (κ3) is 5.99. The second-order valence-corrected chi connectivity index (χ2v) is 7.77. The molecule has 0 aliphatic carbocycles. The molecule has 4 nitrogen and oxygen atoms in total. The number of amides is 1. The number of hydrogen-bond donors (Lipinski definition) is 1. The van der Waals surface area contributed by atoms with Gasteiger partial charge in [-0.15, -0.1) is 0 Å². The smallest absolute Gasteiger partial charge is 0.258 e. The number of benzene rings is 1. The minimum atomic E-state index is -0.802. The molecule has 1 aromatic rings. The maximum absolute atomic E-state index is 14.3.